The summed E-state index contributed by atoms with van der Waals surface area (Å²) >= 11 is 5.96. The molecule has 5 heteroatoms. The molecule has 1 N–H and O–H groups in total. The number of hydrogen-bond donors (Lipinski definition) is 1. The first-order valence-electron chi connectivity index (χ1n) is 7.78. The van der Waals surface area contributed by atoms with Crippen LogP contribution >= 0.6 is 11.6 Å². The largest absolute Gasteiger partial charge is 0.352 e. The first-order valence-corrected chi connectivity index (χ1v) is 8.16. The predicted octanol–water partition coefficient (Wildman–Crippen LogP) is 3.56. The van der Waals surface area contributed by atoms with E-state index < -0.39 is 0 Å². The Hall–Kier alpha value is -2.59. The molecule has 3 rings (SSSR count). The number of rotatable bonds is 6. The van der Waals surface area contributed by atoms with E-state index >= 15 is 0 Å². The van der Waals surface area contributed by atoms with Crippen LogP contribution in [0.5, 0.6) is 0 Å². The van der Waals surface area contributed by atoms with Gasteiger partial charge in [0.05, 0.1) is 6.33 Å². The molecule has 24 heavy (non-hydrogen) atoms. The summed E-state index contributed by atoms with van der Waals surface area (Å²) in [5.41, 5.74) is 2.84. The minimum Gasteiger partial charge on any atom is -0.352 e. The van der Waals surface area contributed by atoms with Crippen LogP contribution in [0.3, 0.4) is 0 Å². The summed E-state index contributed by atoms with van der Waals surface area (Å²) in [6.07, 6.45) is 6.16. The lowest BCUT2D eigenvalue weighted by molar-refractivity contribution is 0.0954. The van der Waals surface area contributed by atoms with Gasteiger partial charge in [-0.3, -0.25) is 4.79 Å². The van der Waals surface area contributed by atoms with Crippen molar-refractivity contribution in [2.45, 2.75) is 13.0 Å². The van der Waals surface area contributed by atoms with Crippen LogP contribution < -0.4 is 5.32 Å². The number of carbonyl (C=O) groups is 1. The van der Waals surface area contributed by atoms with E-state index in [0.717, 1.165) is 17.5 Å². The van der Waals surface area contributed by atoms with E-state index in [2.05, 4.69) is 10.3 Å². The number of carbonyl (C=O) groups excluding carboxylic acids is 1. The van der Waals surface area contributed by atoms with E-state index in [1.807, 2.05) is 59.3 Å². The van der Waals surface area contributed by atoms with Crippen LogP contribution in [0.4, 0.5) is 0 Å². The SMILES string of the molecule is O=C(NCCc1cccc(Cl)c1)c1cccc(Cn2ccnc2)c1. The van der Waals surface area contributed by atoms with Crippen molar-refractivity contribution in [1.29, 1.82) is 0 Å². The normalized spacial score (nSPS) is 10.5. The van der Waals surface area contributed by atoms with Gasteiger partial charge in [0, 0.05) is 36.1 Å². The molecule has 2 aromatic carbocycles. The molecule has 0 aliphatic rings. The van der Waals surface area contributed by atoms with Crippen LogP contribution in [-0.2, 0) is 13.0 Å². The fourth-order valence-electron chi connectivity index (χ4n) is 2.52. The third kappa shape index (κ3) is 4.46. The highest BCUT2D eigenvalue weighted by atomic mass is 35.5. The average Bonchev–Trinajstić information content (AvgIpc) is 3.08. The van der Waals surface area contributed by atoms with Crippen molar-refractivity contribution in [2.75, 3.05) is 6.54 Å². The summed E-state index contributed by atoms with van der Waals surface area (Å²) in [7, 11) is 0. The first kappa shape index (κ1) is 16.3. The van der Waals surface area contributed by atoms with Gasteiger partial charge in [-0.2, -0.15) is 0 Å². The Kier molecular flexibility index (Phi) is 5.29. The van der Waals surface area contributed by atoms with Gasteiger partial charge in [-0.15, -0.1) is 0 Å². The molecule has 0 fully saturated rings. The second-order valence-electron chi connectivity index (χ2n) is 5.57. The molecule has 0 atom stereocenters. The van der Waals surface area contributed by atoms with E-state index in [9.17, 15) is 4.79 Å². The van der Waals surface area contributed by atoms with Gasteiger partial charge in [0.1, 0.15) is 0 Å². The zero-order valence-electron chi connectivity index (χ0n) is 13.2. The molecule has 0 saturated heterocycles. The van der Waals surface area contributed by atoms with Crippen molar-refractivity contribution in [1.82, 2.24) is 14.9 Å². The summed E-state index contributed by atoms with van der Waals surface area (Å²) in [4.78, 5) is 16.3. The monoisotopic (exact) mass is 339 g/mol. The topological polar surface area (TPSA) is 46.9 Å². The molecule has 0 unspecified atom stereocenters. The van der Waals surface area contributed by atoms with Crippen molar-refractivity contribution in [2.24, 2.45) is 0 Å². The Balaban J connectivity index is 1.56. The molecule has 0 spiro atoms. The Morgan fingerprint density at radius 1 is 1.12 bits per heavy atom. The Morgan fingerprint density at radius 2 is 1.96 bits per heavy atom. The molecule has 0 radical (unpaired) electrons. The van der Waals surface area contributed by atoms with E-state index in [-0.39, 0.29) is 5.91 Å². The van der Waals surface area contributed by atoms with Crippen LogP contribution in [0.25, 0.3) is 0 Å². The standard InChI is InChI=1S/C19H18ClN3O/c20-18-6-2-3-15(12-18)7-8-22-19(24)17-5-1-4-16(11-17)13-23-10-9-21-14-23/h1-6,9-12,14H,7-8,13H2,(H,22,24). The lowest BCUT2D eigenvalue weighted by Crippen LogP contribution is -2.25. The maximum absolute atomic E-state index is 12.3. The molecule has 0 bridgehead atoms. The second kappa shape index (κ2) is 7.79. The molecule has 4 nitrogen and oxygen atoms in total. The lowest BCUT2D eigenvalue weighted by Gasteiger charge is -2.08. The number of imidazole rings is 1. The van der Waals surface area contributed by atoms with Gasteiger partial charge in [0.15, 0.2) is 0 Å². The van der Waals surface area contributed by atoms with Crippen molar-refractivity contribution >= 4 is 17.5 Å². The van der Waals surface area contributed by atoms with Gasteiger partial charge < -0.3 is 9.88 Å². The van der Waals surface area contributed by atoms with Crippen molar-refractivity contribution in [3.63, 3.8) is 0 Å². The highest BCUT2D eigenvalue weighted by Crippen LogP contribution is 2.11. The van der Waals surface area contributed by atoms with Crippen LogP contribution in [0.2, 0.25) is 5.02 Å². The smallest absolute Gasteiger partial charge is 0.251 e. The summed E-state index contributed by atoms with van der Waals surface area (Å²) in [5.74, 6) is -0.0653. The van der Waals surface area contributed by atoms with Crippen LogP contribution in [-0.4, -0.2) is 22.0 Å². The molecule has 3 aromatic rings. The van der Waals surface area contributed by atoms with E-state index in [1.165, 1.54) is 0 Å². The van der Waals surface area contributed by atoms with Crippen molar-refractivity contribution < 1.29 is 4.79 Å². The van der Waals surface area contributed by atoms with Gasteiger partial charge >= 0.3 is 0 Å². The summed E-state index contributed by atoms with van der Waals surface area (Å²) in [5, 5.41) is 3.67. The lowest BCUT2D eigenvalue weighted by atomic mass is 10.1. The molecule has 1 heterocycles. The molecule has 122 valence electrons. The third-order valence-electron chi connectivity index (χ3n) is 3.70. The van der Waals surface area contributed by atoms with E-state index in [0.29, 0.717) is 23.7 Å². The van der Waals surface area contributed by atoms with Gasteiger partial charge in [0.2, 0.25) is 0 Å². The summed E-state index contributed by atoms with van der Waals surface area (Å²) in [6.45, 7) is 1.27. The zero-order valence-corrected chi connectivity index (χ0v) is 13.9. The van der Waals surface area contributed by atoms with Crippen LogP contribution in [0, 0.1) is 0 Å². The number of hydrogen-bond acceptors (Lipinski definition) is 2. The Bertz CT molecular complexity index is 815. The predicted molar refractivity (Wildman–Crippen MR) is 95.3 cm³/mol. The fraction of sp³-hybridized carbons (Fsp3) is 0.158. The average molecular weight is 340 g/mol. The molecular formula is C19H18ClN3O. The number of nitrogens with zero attached hydrogens (tertiary/aromatic N) is 2. The van der Waals surface area contributed by atoms with E-state index in [1.54, 1.807) is 12.5 Å². The molecule has 0 aliphatic carbocycles. The summed E-state index contributed by atoms with van der Waals surface area (Å²) in [6, 6.07) is 15.3. The van der Waals surface area contributed by atoms with E-state index in [4.69, 9.17) is 11.6 Å². The highest BCUT2D eigenvalue weighted by Gasteiger charge is 2.06. The minimum absolute atomic E-state index is 0.0653. The minimum atomic E-state index is -0.0653. The zero-order chi connectivity index (χ0) is 16.8. The Morgan fingerprint density at radius 3 is 2.75 bits per heavy atom. The van der Waals surface area contributed by atoms with Gasteiger partial charge in [-0.1, -0.05) is 35.9 Å². The number of halogens is 1. The third-order valence-corrected chi connectivity index (χ3v) is 3.94. The molecule has 0 aliphatic heterocycles. The fourth-order valence-corrected chi connectivity index (χ4v) is 2.73. The molecular weight excluding hydrogens is 322 g/mol. The van der Waals surface area contributed by atoms with Crippen molar-refractivity contribution in [3.05, 3.63) is 89.0 Å². The second-order valence-corrected chi connectivity index (χ2v) is 6.01. The Labute approximate surface area is 146 Å². The molecule has 1 amide bonds. The number of amides is 1. The van der Waals surface area contributed by atoms with Gasteiger partial charge in [-0.25, -0.2) is 4.98 Å². The number of aromatic nitrogens is 2. The van der Waals surface area contributed by atoms with Crippen LogP contribution in [0.1, 0.15) is 21.5 Å². The molecule has 1 aromatic heterocycles. The van der Waals surface area contributed by atoms with Gasteiger partial charge in [0.25, 0.3) is 5.91 Å². The first-order chi connectivity index (χ1) is 11.7. The van der Waals surface area contributed by atoms with Crippen LogP contribution in [0.15, 0.2) is 67.3 Å². The quantitative estimate of drug-likeness (QED) is 0.746. The maximum Gasteiger partial charge on any atom is 0.251 e. The number of nitrogens with one attached hydrogen (secondary N) is 1. The highest BCUT2D eigenvalue weighted by molar-refractivity contribution is 6.30. The molecule has 0 saturated carbocycles. The summed E-state index contributed by atoms with van der Waals surface area (Å²) < 4.78 is 1.97. The van der Waals surface area contributed by atoms with Gasteiger partial charge in [-0.05, 0) is 41.8 Å². The van der Waals surface area contributed by atoms with Crippen molar-refractivity contribution in [3.8, 4) is 0 Å². The number of benzene rings is 2. The maximum atomic E-state index is 12.3.